The molecule has 4 heteroatoms. The maximum atomic E-state index is 9.76. The molecule has 0 aliphatic heterocycles. The summed E-state index contributed by atoms with van der Waals surface area (Å²) in [4.78, 5) is 9.76. The molecule has 1 saturated carbocycles. The second-order valence-corrected chi connectivity index (χ2v) is 3.48. The molecule has 1 aromatic carbocycles. The Morgan fingerprint density at radius 1 is 1.38 bits per heavy atom. The SMILES string of the molecule is COCOc1ccccc1.O=C(O)C1CC1. The molecule has 4 nitrogen and oxygen atoms in total. The summed E-state index contributed by atoms with van der Waals surface area (Å²) in [5.74, 6) is 0.226. The van der Waals surface area contributed by atoms with Gasteiger partial charge in [-0.05, 0) is 25.0 Å². The minimum absolute atomic E-state index is 0.0185. The second-order valence-electron chi connectivity index (χ2n) is 3.48. The highest BCUT2D eigenvalue weighted by molar-refractivity contribution is 5.72. The summed E-state index contributed by atoms with van der Waals surface area (Å²) in [5, 5.41) is 8.05. The molecule has 1 aliphatic carbocycles. The molecular formula is C12H16O4. The fourth-order valence-electron chi connectivity index (χ4n) is 0.974. The van der Waals surface area contributed by atoms with Gasteiger partial charge in [0.05, 0.1) is 5.92 Å². The van der Waals surface area contributed by atoms with Gasteiger partial charge in [0.1, 0.15) is 5.75 Å². The number of benzene rings is 1. The average molecular weight is 224 g/mol. The monoisotopic (exact) mass is 224 g/mol. The lowest BCUT2D eigenvalue weighted by atomic mass is 10.3. The van der Waals surface area contributed by atoms with E-state index in [1.165, 1.54) is 0 Å². The molecule has 1 aromatic rings. The molecule has 88 valence electrons. The summed E-state index contributed by atoms with van der Waals surface area (Å²) in [5.41, 5.74) is 0. The third kappa shape index (κ3) is 5.36. The number of para-hydroxylation sites is 1. The van der Waals surface area contributed by atoms with Gasteiger partial charge in [-0.3, -0.25) is 4.79 Å². The first kappa shape index (κ1) is 12.5. The van der Waals surface area contributed by atoms with Crippen molar-refractivity contribution in [3.8, 4) is 5.75 Å². The lowest BCUT2D eigenvalue weighted by Gasteiger charge is -2.01. The van der Waals surface area contributed by atoms with Crippen LogP contribution in [0.3, 0.4) is 0 Å². The minimum atomic E-state index is -0.630. The average Bonchev–Trinajstić information content (AvgIpc) is 3.12. The van der Waals surface area contributed by atoms with Crippen LogP contribution in [-0.2, 0) is 9.53 Å². The van der Waals surface area contributed by atoms with E-state index in [4.69, 9.17) is 14.6 Å². The van der Waals surface area contributed by atoms with Gasteiger partial charge in [0.2, 0.25) is 0 Å². The summed E-state index contributed by atoms with van der Waals surface area (Å²) in [6.45, 7) is 0.310. The number of carboxylic acid groups (broad SMARTS) is 1. The Hall–Kier alpha value is -1.55. The van der Waals surface area contributed by atoms with Crippen molar-refractivity contribution in [3.63, 3.8) is 0 Å². The molecule has 16 heavy (non-hydrogen) atoms. The van der Waals surface area contributed by atoms with Gasteiger partial charge in [0.25, 0.3) is 0 Å². The van der Waals surface area contributed by atoms with Crippen molar-refractivity contribution in [2.75, 3.05) is 13.9 Å². The minimum Gasteiger partial charge on any atom is -0.481 e. The third-order valence-electron chi connectivity index (χ3n) is 2.01. The normalized spacial score (nSPS) is 13.6. The van der Waals surface area contributed by atoms with Gasteiger partial charge in [-0.2, -0.15) is 0 Å². The first-order valence-electron chi connectivity index (χ1n) is 5.13. The maximum Gasteiger partial charge on any atom is 0.306 e. The van der Waals surface area contributed by atoms with Crippen molar-refractivity contribution >= 4 is 5.97 Å². The second kappa shape index (κ2) is 6.85. The highest BCUT2D eigenvalue weighted by Crippen LogP contribution is 2.28. The van der Waals surface area contributed by atoms with E-state index >= 15 is 0 Å². The van der Waals surface area contributed by atoms with E-state index in [1.807, 2.05) is 30.3 Å². The lowest BCUT2D eigenvalue weighted by Crippen LogP contribution is -1.97. The number of hydrogen-bond acceptors (Lipinski definition) is 3. The smallest absolute Gasteiger partial charge is 0.306 e. The van der Waals surface area contributed by atoms with Crippen molar-refractivity contribution in [1.29, 1.82) is 0 Å². The molecule has 0 amide bonds. The molecule has 0 saturated heterocycles. The number of hydrogen-bond donors (Lipinski definition) is 1. The topological polar surface area (TPSA) is 55.8 Å². The molecule has 1 aliphatic rings. The number of methoxy groups -OCH3 is 1. The van der Waals surface area contributed by atoms with E-state index in [-0.39, 0.29) is 5.92 Å². The molecule has 1 N–H and O–H groups in total. The van der Waals surface area contributed by atoms with E-state index in [9.17, 15) is 4.79 Å². The van der Waals surface area contributed by atoms with Crippen LogP contribution in [0.5, 0.6) is 5.75 Å². The Labute approximate surface area is 94.8 Å². The lowest BCUT2D eigenvalue weighted by molar-refractivity contribution is -0.138. The molecule has 0 aromatic heterocycles. The van der Waals surface area contributed by atoms with Crippen LogP contribution in [0.1, 0.15) is 12.8 Å². The van der Waals surface area contributed by atoms with Crippen LogP contribution in [-0.4, -0.2) is 25.0 Å². The van der Waals surface area contributed by atoms with Crippen molar-refractivity contribution in [1.82, 2.24) is 0 Å². The zero-order chi connectivity index (χ0) is 11.8. The Bertz CT molecular complexity index is 306. The predicted molar refractivity (Wildman–Crippen MR) is 59.3 cm³/mol. The summed E-state index contributed by atoms with van der Waals surface area (Å²) in [6.07, 6.45) is 1.80. The zero-order valence-corrected chi connectivity index (χ0v) is 9.26. The molecule has 0 bridgehead atoms. The summed E-state index contributed by atoms with van der Waals surface area (Å²) >= 11 is 0. The molecular weight excluding hydrogens is 208 g/mol. The Balaban J connectivity index is 0.000000181. The van der Waals surface area contributed by atoms with E-state index in [0.29, 0.717) is 6.79 Å². The summed E-state index contributed by atoms with van der Waals surface area (Å²) in [7, 11) is 1.60. The Morgan fingerprint density at radius 2 is 2.00 bits per heavy atom. The Morgan fingerprint density at radius 3 is 2.38 bits per heavy atom. The number of carboxylic acids is 1. The fraction of sp³-hybridized carbons (Fsp3) is 0.417. The third-order valence-corrected chi connectivity index (χ3v) is 2.01. The summed E-state index contributed by atoms with van der Waals surface area (Å²) in [6, 6.07) is 9.56. The summed E-state index contributed by atoms with van der Waals surface area (Å²) < 4.78 is 9.86. The van der Waals surface area contributed by atoms with Gasteiger partial charge < -0.3 is 14.6 Å². The number of carbonyl (C=O) groups is 1. The Kier molecular flexibility index (Phi) is 5.36. The van der Waals surface area contributed by atoms with Crippen LogP contribution >= 0.6 is 0 Å². The molecule has 0 radical (unpaired) electrons. The standard InChI is InChI=1S/C8H10O2.C4H6O2/c1-9-7-10-8-5-3-2-4-6-8;5-4(6)3-1-2-3/h2-6H,7H2,1H3;3H,1-2H2,(H,5,6). The van der Waals surface area contributed by atoms with Gasteiger partial charge in [-0.1, -0.05) is 18.2 Å². The molecule has 1 fully saturated rings. The predicted octanol–water partition coefficient (Wildman–Crippen LogP) is 2.15. The molecule has 0 unspecified atom stereocenters. The van der Waals surface area contributed by atoms with Crippen LogP contribution < -0.4 is 4.74 Å². The van der Waals surface area contributed by atoms with E-state index in [0.717, 1.165) is 18.6 Å². The number of rotatable bonds is 4. The van der Waals surface area contributed by atoms with E-state index < -0.39 is 5.97 Å². The maximum absolute atomic E-state index is 9.76. The van der Waals surface area contributed by atoms with Gasteiger partial charge in [0.15, 0.2) is 6.79 Å². The highest BCUT2D eigenvalue weighted by Gasteiger charge is 2.28. The molecule has 0 atom stereocenters. The largest absolute Gasteiger partial charge is 0.481 e. The van der Waals surface area contributed by atoms with Crippen molar-refractivity contribution < 1.29 is 19.4 Å². The van der Waals surface area contributed by atoms with Crippen LogP contribution in [0.4, 0.5) is 0 Å². The van der Waals surface area contributed by atoms with E-state index in [1.54, 1.807) is 7.11 Å². The molecule has 0 heterocycles. The van der Waals surface area contributed by atoms with Gasteiger partial charge in [-0.15, -0.1) is 0 Å². The fourth-order valence-corrected chi connectivity index (χ4v) is 0.974. The van der Waals surface area contributed by atoms with Crippen molar-refractivity contribution in [2.45, 2.75) is 12.8 Å². The molecule has 0 spiro atoms. The quantitative estimate of drug-likeness (QED) is 0.796. The highest BCUT2D eigenvalue weighted by atomic mass is 16.7. The number of ether oxygens (including phenoxy) is 2. The van der Waals surface area contributed by atoms with Crippen LogP contribution in [0.2, 0.25) is 0 Å². The van der Waals surface area contributed by atoms with E-state index in [2.05, 4.69) is 0 Å². The van der Waals surface area contributed by atoms with Crippen molar-refractivity contribution in [3.05, 3.63) is 30.3 Å². The first-order valence-corrected chi connectivity index (χ1v) is 5.13. The first-order chi connectivity index (χ1) is 7.74. The van der Waals surface area contributed by atoms with Crippen LogP contribution in [0, 0.1) is 5.92 Å². The van der Waals surface area contributed by atoms with Gasteiger partial charge in [0, 0.05) is 7.11 Å². The van der Waals surface area contributed by atoms with Crippen LogP contribution in [0.25, 0.3) is 0 Å². The molecule has 2 rings (SSSR count). The zero-order valence-electron chi connectivity index (χ0n) is 9.26. The number of aliphatic carboxylic acids is 1. The van der Waals surface area contributed by atoms with Crippen LogP contribution in [0.15, 0.2) is 30.3 Å². The van der Waals surface area contributed by atoms with Gasteiger partial charge >= 0.3 is 5.97 Å². The van der Waals surface area contributed by atoms with Crippen molar-refractivity contribution in [2.24, 2.45) is 5.92 Å². The van der Waals surface area contributed by atoms with Gasteiger partial charge in [-0.25, -0.2) is 0 Å².